The van der Waals surface area contributed by atoms with Crippen LogP contribution in [0.3, 0.4) is 0 Å². The lowest BCUT2D eigenvalue weighted by Gasteiger charge is -2.33. The zero-order chi connectivity index (χ0) is 22.0. The summed E-state index contributed by atoms with van der Waals surface area (Å²) in [6, 6.07) is 3.29. The molecule has 3 N–H and O–H groups in total. The Morgan fingerprint density at radius 1 is 1.23 bits per heavy atom. The van der Waals surface area contributed by atoms with Crippen molar-refractivity contribution >= 4 is 34.1 Å². The first-order chi connectivity index (χ1) is 14.9. The smallest absolute Gasteiger partial charge is 0.290 e. The van der Waals surface area contributed by atoms with E-state index in [0.29, 0.717) is 16.5 Å². The number of primary amides is 1. The van der Waals surface area contributed by atoms with E-state index in [1.807, 2.05) is 0 Å². The maximum absolute atomic E-state index is 13.0. The van der Waals surface area contributed by atoms with Crippen molar-refractivity contribution in [3.63, 3.8) is 0 Å². The minimum Gasteiger partial charge on any atom is -0.459 e. The summed E-state index contributed by atoms with van der Waals surface area (Å²) in [6.07, 6.45) is 9.12. The van der Waals surface area contributed by atoms with Crippen molar-refractivity contribution in [2.45, 2.75) is 64.3 Å². The molecule has 0 radical (unpaired) electrons. The largest absolute Gasteiger partial charge is 0.459 e. The van der Waals surface area contributed by atoms with Crippen molar-refractivity contribution in [2.75, 3.05) is 11.9 Å². The molecule has 0 unspecified atom stereocenters. The van der Waals surface area contributed by atoms with Gasteiger partial charge in [0.15, 0.2) is 5.76 Å². The molecule has 7 nitrogen and oxygen atoms in total. The standard InChI is InChI=1S/C23H29N3O4S/c1-14-9-10-16-18(12-14)31-22(20(16)21(24)28)25-19(27)13-26(15-6-3-2-4-7-15)23(29)17-8-5-11-30-17/h5,8,11,14-15H,2-4,6-7,9-10,12-13H2,1H3,(H2,24,28)(H,25,27)/t14-/m0/s1. The van der Waals surface area contributed by atoms with Crippen LogP contribution >= 0.6 is 11.3 Å². The van der Waals surface area contributed by atoms with Crippen molar-refractivity contribution in [2.24, 2.45) is 11.7 Å². The second kappa shape index (κ2) is 9.26. The molecule has 2 aromatic rings. The number of fused-ring (bicyclic) bond motifs is 1. The van der Waals surface area contributed by atoms with Crippen molar-refractivity contribution in [3.8, 4) is 0 Å². The summed E-state index contributed by atoms with van der Waals surface area (Å²) >= 11 is 1.44. The Balaban J connectivity index is 1.54. The van der Waals surface area contributed by atoms with Gasteiger partial charge in [0.05, 0.1) is 11.8 Å². The molecule has 0 aliphatic heterocycles. The first-order valence-electron chi connectivity index (χ1n) is 11.0. The van der Waals surface area contributed by atoms with E-state index in [2.05, 4.69) is 12.2 Å². The Hall–Kier alpha value is -2.61. The number of hydrogen-bond donors (Lipinski definition) is 2. The number of nitrogens with zero attached hydrogens (tertiary/aromatic N) is 1. The molecule has 0 saturated heterocycles. The predicted molar refractivity (Wildman–Crippen MR) is 119 cm³/mol. The molecule has 1 saturated carbocycles. The monoisotopic (exact) mass is 443 g/mol. The number of anilines is 1. The molecular formula is C23H29N3O4S. The SMILES string of the molecule is C[C@H]1CCc2c(sc(NC(=O)CN(C(=O)c3ccco3)C3CCCCC3)c2C(N)=O)C1. The van der Waals surface area contributed by atoms with E-state index in [1.54, 1.807) is 17.0 Å². The van der Waals surface area contributed by atoms with Crippen LogP contribution in [0.4, 0.5) is 5.00 Å². The molecule has 0 spiro atoms. The molecule has 166 valence electrons. The Labute approximate surface area is 186 Å². The Kier molecular flexibility index (Phi) is 6.46. The number of thiophene rings is 1. The van der Waals surface area contributed by atoms with Gasteiger partial charge < -0.3 is 20.4 Å². The third-order valence-corrected chi connectivity index (χ3v) is 7.50. The number of nitrogens with one attached hydrogen (secondary N) is 1. The fraction of sp³-hybridized carbons (Fsp3) is 0.522. The predicted octanol–water partition coefficient (Wildman–Crippen LogP) is 3.98. The minimum absolute atomic E-state index is 0.00472. The van der Waals surface area contributed by atoms with Crippen LogP contribution in [0.15, 0.2) is 22.8 Å². The Morgan fingerprint density at radius 2 is 2.00 bits per heavy atom. The van der Waals surface area contributed by atoms with E-state index in [4.69, 9.17) is 10.2 Å². The molecule has 0 aromatic carbocycles. The van der Waals surface area contributed by atoms with Gasteiger partial charge in [0.25, 0.3) is 11.8 Å². The van der Waals surface area contributed by atoms with Gasteiger partial charge in [-0.25, -0.2) is 0 Å². The molecule has 8 heteroatoms. The van der Waals surface area contributed by atoms with Gasteiger partial charge in [-0.2, -0.15) is 0 Å². The molecule has 3 amide bonds. The highest BCUT2D eigenvalue weighted by Crippen LogP contribution is 2.39. The highest BCUT2D eigenvalue weighted by atomic mass is 32.1. The van der Waals surface area contributed by atoms with E-state index in [1.165, 1.54) is 17.6 Å². The first-order valence-corrected chi connectivity index (χ1v) is 11.8. The second-order valence-electron chi connectivity index (χ2n) is 8.67. The van der Waals surface area contributed by atoms with Crippen LogP contribution in [0.1, 0.15) is 76.8 Å². The van der Waals surface area contributed by atoms with E-state index in [0.717, 1.165) is 61.8 Å². The van der Waals surface area contributed by atoms with E-state index >= 15 is 0 Å². The van der Waals surface area contributed by atoms with Gasteiger partial charge in [-0.15, -0.1) is 11.3 Å². The van der Waals surface area contributed by atoms with Crippen LogP contribution < -0.4 is 11.1 Å². The second-order valence-corrected chi connectivity index (χ2v) is 9.78. The average molecular weight is 444 g/mol. The van der Waals surface area contributed by atoms with E-state index in [9.17, 15) is 14.4 Å². The van der Waals surface area contributed by atoms with Gasteiger partial charge in [0.2, 0.25) is 5.91 Å². The van der Waals surface area contributed by atoms with Gasteiger partial charge in [-0.3, -0.25) is 14.4 Å². The van der Waals surface area contributed by atoms with Gasteiger partial charge in [0.1, 0.15) is 11.5 Å². The molecule has 0 bridgehead atoms. The summed E-state index contributed by atoms with van der Waals surface area (Å²) in [4.78, 5) is 40.9. The average Bonchev–Trinajstić information content (AvgIpc) is 3.39. The maximum atomic E-state index is 13.0. The van der Waals surface area contributed by atoms with Gasteiger partial charge in [-0.05, 0) is 55.7 Å². The van der Waals surface area contributed by atoms with Crippen molar-refractivity contribution in [3.05, 3.63) is 40.2 Å². The third-order valence-electron chi connectivity index (χ3n) is 6.33. The number of nitrogens with two attached hydrogens (primary N) is 1. The molecule has 2 aliphatic carbocycles. The summed E-state index contributed by atoms with van der Waals surface area (Å²) < 4.78 is 5.30. The number of carbonyl (C=O) groups excluding carboxylic acids is 3. The molecule has 2 aliphatic rings. The fourth-order valence-corrected chi connectivity index (χ4v) is 6.15. The van der Waals surface area contributed by atoms with E-state index < -0.39 is 5.91 Å². The molecular weight excluding hydrogens is 414 g/mol. The van der Waals surface area contributed by atoms with Crippen LogP contribution in [0, 0.1) is 5.92 Å². The molecule has 1 atom stereocenters. The lowest BCUT2D eigenvalue weighted by molar-refractivity contribution is -0.117. The maximum Gasteiger partial charge on any atom is 0.290 e. The number of amides is 3. The topological polar surface area (TPSA) is 106 Å². The Bertz CT molecular complexity index is 960. The Morgan fingerprint density at radius 3 is 2.68 bits per heavy atom. The number of furan rings is 1. The van der Waals surface area contributed by atoms with Gasteiger partial charge in [0, 0.05) is 10.9 Å². The summed E-state index contributed by atoms with van der Waals surface area (Å²) in [5.41, 5.74) is 7.07. The molecule has 1 fully saturated rings. The molecule has 2 aromatic heterocycles. The van der Waals surface area contributed by atoms with E-state index in [-0.39, 0.29) is 30.2 Å². The van der Waals surface area contributed by atoms with Crippen molar-refractivity contribution in [1.82, 2.24) is 4.90 Å². The highest BCUT2D eigenvalue weighted by molar-refractivity contribution is 7.17. The fourth-order valence-electron chi connectivity index (χ4n) is 4.72. The van der Waals surface area contributed by atoms with Crippen molar-refractivity contribution in [1.29, 1.82) is 0 Å². The third kappa shape index (κ3) is 4.69. The van der Waals surface area contributed by atoms with Gasteiger partial charge >= 0.3 is 0 Å². The van der Waals surface area contributed by atoms with Crippen molar-refractivity contribution < 1.29 is 18.8 Å². The van der Waals surface area contributed by atoms with Crippen LogP contribution in [0.2, 0.25) is 0 Å². The zero-order valence-corrected chi connectivity index (χ0v) is 18.6. The normalized spacial score (nSPS) is 18.9. The number of hydrogen-bond acceptors (Lipinski definition) is 5. The van der Waals surface area contributed by atoms with Gasteiger partial charge in [-0.1, -0.05) is 26.2 Å². The lowest BCUT2D eigenvalue weighted by atomic mass is 9.88. The summed E-state index contributed by atoms with van der Waals surface area (Å²) in [5.74, 6) is -0.334. The number of rotatable bonds is 6. The zero-order valence-electron chi connectivity index (χ0n) is 17.8. The minimum atomic E-state index is -0.516. The van der Waals surface area contributed by atoms with Crippen LogP contribution in [-0.4, -0.2) is 35.2 Å². The van der Waals surface area contributed by atoms with Crippen LogP contribution in [0.5, 0.6) is 0 Å². The van der Waals surface area contributed by atoms with Crippen LogP contribution in [0.25, 0.3) is 0 Å². The molecule has 31 heavy (non-hydrogen) atoms. The summed E-state index contributed by atoms with van der Waals surface area (Å²) in [5, 5.41) is 3.39. The lowest BCUT2D eigenvalue weighted by Crippen LogP contribution is -2.45. The molecule has 2 heterocycles. The molecule has 4 rings (SSSR count). The summed E-state index contributed by atoms with van der Waals surface area (Å²) in [6.45, 7) is 2.11. The quantitative estimate of drug-likeness (QED) is 0.704. The summed E-state index contributed by atoms with van der Waals surface area (Å²) in [7, 11) is 0. The first kappa shape index (κ1) is 21.6. The number of carbonyl (C=O) groups is 3. The highest BCUT2D eigenvalue weighted by Gasteiger charge is 2.31. The van der Waals surface area contributed by atoms with Crippen LogP contribution in [-0.2, 0) is 17.6 Å².